The largest absolute Gasteiger partial charge is 0.493 e. The lowest BCUT2D eigenvalue weighted by atomic mass is 10.0. The van der Waals surface area contributed by atoms with E-state index in [1.54, 1.807) is 7.11 Å². The molecule has 0 unspecified atom stereocenters. The van der Waals surface area contributed by atoms with Crippen molar-refractivity contribution >= 4 is 22.5 Å². The summed E-state index contributed by atoms with van der Waals surface area (Å²) in [7, 11) is 5.65. The zero-order valence-corrected chi connectivity index (χ0v) is 19.5. The van der Waals surface area contributed by atoms with Crippen molar-refractivity contribution < 1.29 is 4.74 Å². The topological polar surface area (TPSA) is 82.2 Å². The summed E-state index contributed by atoms with van der Waals surface area (Å²) in [6.45, 7) is 6.47. The Labute approximate surface area is 193 Å². The van der Waals surface area contributed by atoms with Gasteiger partial charge in [0.1, 0.15) is 0 Å². The molecule has 3 aromatic heterocycles. The fourth-order valence-corrected chi connectivity index (χ4v) is 4.45. The third kappa shape index (κ3) is 3.98. The molecule has 1 saturated heterocycles. The Morgan fingerprint density at radius 3 is 2.58 bits per heavy atom. The summed E-state index contributed by atoms with van der Waals surface area (Å²) >= 11 is 0. The van der Waals surface area contributed by atoms with Gasteiger partial charge in [0.05, 0.1) is 12.8 Å². The molecule has 0 radical (unpaired) electrons. The quantitative estimate of drug-likeness (QED) is 0.486. The minimum Gasteiger partial charge on any atom is -0.493 e. The highest BCUT2D eigenvalue weighted by atomic mass is 16.5. The molecule has 0 saturated carbocycles. The van der Waals surface area contributed by atoms with Gasteiger partial charge in [-0.05, 0) is 43.8 Å². The second-order valence-corrected chi connectivity index (χ2v) is 8.51. The molecule has 1 aromatic carbocycles. The van der Waals surface area contributed by atoms with E-state index in [0.717, 1.165) is 59.6 Å². The zero-order chi connectivity index (χ0) is 22.9. The molecule has 0 amide bonds. The number of pyridine rings is 1. The number of rotatable bonds is 5. The number of nitrogens with one attached hydrogen (secondary N) is 2. The molecule has 5 rings (SSSR count). The number of aryl methyl sites for hydroxylation is 1. The average molecular weight is 444 g/mol. The first-order chi connectivity index (χ1) is 16.1. The van der Waals surface area contributed by atoms with E-state index in [2.05, 4.69) is 73.5 Å². The maximum Gasteiger partial charge on any atom is 0.168 e. The molecule has 2 N–H and O–H groups in total. The third-order valence-corrected chi connectivity index (χ3v) is 6.39. The van der Waals surface area contributed by atoms with Gasteiger partial charge in [-0.15, -0.1) is 10.2 Å². The van der Waals surface area contributed by atoms with Gasteiger partial charge in [0.25, 0.3) is 0 Å². The molecule has 4 heterocycles. The molecule has 1 aliphatic rings. The number of ether oxygens (including phenoxy) is 1. The van der Waals surface area contributed by atoms with Crippen molar-refractivity contribution in [2.75, 3.05) is 57.6 Å². The van der Waals surface area contributed by atoms with Crippen LogP contribution in [0.1, 0.15) is 5.56 Å². The van der Waals surface area contributed by atoms with Crippen LogP contribution in [0.25, 0.3) is 33.4 Å². The predicted octanol–water partition coefficient (Wildman–Crippen LogP) is 3.80. The third-order valence-electron chi connectivity index (χ3n) is 6.39. The van der Waals surface area contributed by atoms with Crippen molar-refractivity contribution in [3.8, 4) is 28.1 Å². The maximum atomic E-state index is 5.49. The van der Waals surface area contributed by atoms with Crippen LogP contribution < -0.4 is 15.0 Å². The number of methoxy groups -OCH3 is 1. The lowest BCUT2D eigenvalue weighted by Crippen LogP contribution is -2.44. The van der Waals surface area contributed by atoms with Crippen LogP contribution in [0.2, 0.25) is 0 Å². The smallest absolute Gasteiger partial charge is 0.168 e. The number of H-pyrrole nitrogens is 1. The van der Waals surface area contributed by atoms with Gasteiger partial charge in [-0.25, -0.2) is 4.98 Å². The Bertz CT molecular complexity index is 1290. The molecule has 0 atom stereocenters. The summed E-state index contributed by atoms with van der Waals surface area (Å²) in [4.78, 5) is 12.6. The summed E-state index contributed by atoms with van der Waals surface area (Å²) in [5, 5.41) is 13.0. The normalized spacial score (nSPS) is 14.6. The van der Waals surface area contributed by atoms with Gasteiger partial charge in [0, 0.05) is 73.4 Å². The highest BCUT2D eigenvalue weighted by Crippen LogP contribution is 2.34. The first kappa shape index (κ1) is 21.2. The molecule has 4 aromatic rings. The van der Waals surface area contributed by atoms with Crippen molar-refractivity contribution in [2.24, 2.45) is 0 Å². The number of nitrogens with zero attached hydrogens (tertiary/aromatic N) is 5. The summed E-state index contributed by atoms with van der Waals surface area (Å²) in [5.41, 5.74) is 7.18. The van der Waals surface area contributed by atoms with Crippen molar-refractivity contribution in [1.82, 2.24) is 25.1 Å². The molecule has 8 heteroatoms. The summed E-state index contributed by atoms with van der Waals surface area (Å²) in [5.74, 6) is 1.40. The first-order valence-electron chi connectivity index (χ1n) is 11.2. The van der Waals surface area contributed by atoms with Crippen molar-refractivity contribution in [1.29, 1.82) is 0 Å². The van der Waals surface area contributed by atoms with E-state index in [0.29, 0.717) is 11.6 Å². The van der Waals surface area contributed by atoms with Crippen molar-refractivity contribution in [3.05, 3.63) is 48.3 Å². The number of fused-ring (bicyclic) bond motifs is 1. The van der Waals surface area contributed by atoms with Gasteiger partial charge >= 0.3 is 0 Å². The molecule has 170 valence electrons. The first-order valence-corrected chi connectivity index (χ1v) is 11.2. The van der Waals surface area contributed by atoms with Crippen LogP contribution in [0, 0.1) is 6.92 Å². The predicted molar refractivity (Wildman–Crippen MR) is 133 cm³/mol. The summed E-state index contributed by atoms with van der Waals surface area (Å²) in [6.07, 6.45) is 3.78. The number of anilines is 2. The number of aromatic amines is 1. The molecular weight excluding hydrogens is 414 g/mol. The van der Waals surface area contributed by atoms with Crippen LogP contribution in [0.5, 0.6) is 5.75 Å². The van der Waals surface area contributed by atoms with Gasteiger partial charge in [0.15, 0.2) is 17.2 Å². The molecule has 33 heavy (non-hydrogen) atoms. The fourth-order valence-electron chi connectivity index (χ4n) is 4.45. The van der Waals surface area contributed by atoms with Crippen LogP contribution in [0.15, 0.2) is 42.7 Å². The highest BCUT2D eigenvalue weighted by Gasteiger charge is 2.17. The van der Waals surface area contributed by atoms with Crippen LogP contribution in [0.4, 0.5) is 11.5 Å². The van der Waals surface area contributed by atoms with Crippen LogP contribution >= 0.6 is 0 Å². The maximum absolute atomic E-state index is 5.49. The second-order valence-electron chi connectivity index (χ2n) is 8.51. The minimum absolute atomic E-state index is 0.696. The summed E-state index contributed by atoms with van der Waals surface area (Å²) < 4.78 is 5.49. The number of likely N-dealkylation sites (N-methyl/N-ethyl adjacent to an activating group) is 1. The van der Waals surface area contributed by atoms with Gasteiger partial charge in [-0.3, -0.25) is 0 Å². The van der Waals surface area contributed by atoms with Crippen molar-refractivity contribution in [2.45, 2.75) is 6.92 Å². The number of aromatic nitrogens is 4. The van der Waals surface area contributed by atoms with Gasteiger partial charge < -0.3 is 24.8 Å². The van der Waals surface area contributed by atoms with E-state index in [4.69, 9.17) is 4.74 Å². The molecule has 8 nitrogen and oxygen atoms in total. The van der Waals surface area contributed by atoms with E-state index in [-0.39, 0.29) is 0 Å². The molecule has 1 fully saturated rings. The van der Waals surface area contributed by atoms with E-state index < -0.39 is 0 Å². The Hall–Kier alpha value is -3.65. The molecule has 1 aliphatic heterocycles. The Kier molecular flexibility index (Phi) is 5.60. The zero-order valence-electron chi connectivity index (χ0n) is 19.5. The standard InChI is InChI=1S/C25H29N7O/c1-16-11-17(5-6-22(16)32-9-7-31(3)8-10-32)21-13-19-20(15-28-24(19)30-29-21)18-12-23(33-4)25(26-2)27-14-18/h5-6,11-15H,7-10H2,1-4H3,(H,26,27)(H,28,30). The van der Waals surface area contributed by atoms with Crippen molar-refractivity contribution in [3.63, 3.8) is 0 Å². The lowest BCUT2D eigenvalue weighted by molar-refractivity contribution is 0.312. The molecule has 0 spiro atoms. The van der Waals surface area contributed by atoms with Gasteiger partial charge in [-0.1, -0.05) is 6.07 Å². The van der Waals surface area contributed by atoms with E-state index in [1.807, 2.05) is 25.5 Å². The number of hydrogen-bond donors (Lipinski definition) is 2. The highest BCUT2D eigenvalue weighted by molar-refractivity contribution is 5.95. The summed E-state index contributed by atoms with van der Waals surface area (Å²) in [6, 6.07) is 10.6. The molecule has 0 bridgehead atoms. The number of hydrogen-bond acceptors (Lipinski definition) is 7. The number of benzene rings is 1. The Balaban J connectivity index is 1.50. The lowest BCUT2D eigenvalue weighted by Gasteiger charge is -2.35. The Morgan fingerprint density at radius 2 is 1.85 bits per heavy atom. The fraction of sp³-hybridized carbons (Fsp3) is 0.320. The monoisotopic (exact) mass is 443 g/mol. The molecular formula is C25H29N7O. The SMILES string of the molecule is CNc1ncc(-c2c[nH]c3nnc(-c4ccc(N5CCN(C)CC5)c(C)c4)cc23)cc1OC. The minimum atomic E-state index is 0.696. The number of piperazine rings is 1. The van der Waals surface area contributed by atoms with Crippen LogP contribution in [-0.2, 0) is 0 Å². The van der Waals surface area contributed by atoms with Gasteiger partial charge in [0.2, 0.25) is 0 Å². The second kappa shape index (κ2) is 8.71. The van der Waals surface area contributed by atoms with Gasteiger partial charge in [-0.2, -0.15) is 0 Å². The van der Waals surface area contributed by atoms with Crippen LogP contribution in [0.3, 0.4) is 0 Å². The van der Waals surface area contributed by atoms with E-state index >= 15 is 0 Å². The average Bonchev–Trinajstić information content (AvgIpc) is 3.27. The van der Waals surface area contributed by atoms with E-state index in [9.17, 15) is 0 Å². The van der Waals surface area contributed by atoms with Crippen LogP contribution in [-0.4, -0.2) is 72.4 Å². The van der Waals surface area contributed by atoms with E-state index in [1.165, 1.54) is 11.3 Å². The Morgan fingerprint density at radius 1 is 1.03 bits per heavy atom. The molecule has 0 aliphatic carbocycles.